The molecule has 0 bridgehead atoms. The molecule has 1 saturated heterocycles. The van der Waals surface area contributed by atoms with E-state index in [4.69, 9.17) is 4.52 Å². The van der Waals surface area contributed by atoms with Gasteiger partial charge in [0.05, 0.1) is 6.20 Å². The van der Waals surface area contributed by atoms with Gasteiger partial charge in [-0.05, 0) is 6.42 Å². The predicted molar refractivity (Wildman–Crippen MR) is 64.9 cm³/mol. The fourth-order valence-corrected chi connectivity index (χ4v) is 2.17. The van der Waals surface area contributed by atoms with E-state index in [2.05, 4.69) is 20.1 Å². The maximum Gasteiger partial charge on any atom is 0.278 e. The summed E-state index contributed by atoms with van der Waals surface area (Å²) >= 11 is 0. The molecule has 2 aromatic heterocycles. The summed E-state index contributed by atoms with van der Waals surface area (Å²) in [5, 5.41) is 3.98. The molecule has 1 aliphatic rings. The van der Waals surface area contributed by atoms with Crippen LogP contribution >= 0.6 is 0 Å². The second kappa shape index (κ2) is 4.75. The SMILES string of the molecule is CC(=O)N1CCC(c2noc(-c3cnccn3)n2)C1. The monoisotopic (exact) mass is 259 g/mol. The van der Waals surface area contributed by atoms with E-state index in [0.29, 0.717) is 24.0 Å². The molecule has 19 heavy (non-hydrogen) atoms. The molecule has 7 heteroatoms. The Morgan fingerprint density at radius 2 is 2.37 bits per heavy atom. The molecule has 1 atom stereocenters. The molecule has 0 radical (unpaired) electrons. The molecule has 7 nitrogen and oxygen atoms in total. The van der Waals surface area contributed by atoms with Crippen molar-refractivity contribution in [1.29, 1.82) is 0 Å². The molecule has 3 rings (SSSR count). The number of hydrogen-bond donors (Lipinski definition) is 0. The molecule has 3 heterocycles. The van der Waals surface area contributed by atoms with E-state index in [-0.39, 0.29) is 11.8 Å². The Kier molecular flexibility index (Phi) is 2.94. The molecule has 1 aliphatic heterocycles. The number of rotatable bonds is 2. The normalized spacial score (nSPS) is 18.8. The zero-order valence-electron chi connectivity index (χ0n) is 10.5. The Balaban J connectivity index is 1.78. The van der Waals surface area contributed by atoms with Gasteiger partial charge in [0, 0.05) is 38.3 Å². The van der Waals surface area contributed by atoms with Gasteiger partial charge in [-0.15, -0.1) is 0 Å². The average molecular weight is 259 g/mol. The van der Waals surface area contributed by atoms with Crippen LogP contribution in [0.4, 0.5) is 0 Å². The molecule has 2 aromatic rings. The van der Waals surface area contributed by atoms with Crippen LogP contribution in [0.2, 0.25) is 0 Å². The second-order valence-corrected chi connectivity index (χ2v) is 4.50. The van der Waals surface area contributed by atoms with Crippen LogP contribution in [0.15, 0.2) is 23.1 Å². The Morgan fingerprint density at radius 3 is 3.05 bits per heavy atom. The van der Waals surface area contributed by atoms with Crippen molar-refractivity contribution < 1.29 is 9.32 Å². The number of carbonyl (C=O) groups is 1. The fraction of sp³-hybridized carbons (Fsp3) is 0.417. The van der Waals surface area contributed by atoms with Crippen LogP contribution in [0.3, 0.4) is 0 Å². The van der Waals surface area contributed by atoms with Crippen molar-refractivity contribution in [2.45, 2.75) is 19.3 Å². The molecule has 0 saturated carbocycles. The first kappa shape index (κ1) is 11.8. The van der Waals surface area contributed by atoms with E-state index in [0.717, 1.165) is 13.0 Å². The third-order valence-corrected chi connectivity index (χ3v) is 3.22. The van der Waals surface area contributed by atoms with Crippen LogP contribution in [-0.2, 0) is 4.79 Å². The summed E-state index contributed by atoms with van der Waals surface area (Å²) in [5.74, 6) is 1.21. The standard InChI is InChI=1S/C12H13N5O2/c1-8(18)17-5-2-9(7-17)11-15-12(19-16-11)10-6-13-3-4-14-10/h3-4,6,9H,2,5,7H2,1H3. The highest BCUT2D eigenvalue weighted by Gasteiger charge is 2.29. The van der Waals surface area contributed by atoms with Crippen molar-refractivity contribution >= 4 is 5.91 Å². The molecule has 1 unspecified atom stereocenters. The maximum atomic E-state index is 11.3. The Hall–Kier alpha value is -2.31. The molecule has 0 aliphatic carbocycles. The van der Waals surface area contributed by atoms with Gasteiger partial charge in [0.25, 0.3) is 5.89 Å². The molecule has 0 aromatic carbocycles. The molecule has 0 spiro atoms. The van der Waals surface area contributed by atoms with Crippen LogP contribution in [0, 0.1) is 0 Å². The first-order valence-electron chi connectivity index (χ1n) is 6.09. The first-order chi connectivity index (χ1) is 9.24. The van der Waals surface area contributed by atoms with E-state index in [1.165, 1.54) is 0 Å². The average Bonchev–Trinajstić information content (AvgIpc) is 3.09. The fourth-order valence-electron chi connectivity index (χ4n) is 2.17. The summed E-state index contributed by atoms with van der Waals surface area (Å²) in [6, 6.07) is 0. The van der Waals surface area contributed by atoms with Crippen molar-refractivity contribution in [3.8, 4) is 11.6 Å². The van der Waals surface area contributed by atoms with Crippen molar-refractivity contribution in [2.75, 3.05) is 13.1 Å². The summed E-state index contributed by atoms with van der Waals surface area (Å²) in [6.07, 6.45) is 5.60. The predicted octanol–water partition coefficient (Wildman–Crippen LogP) is 0.862. The van der Waals surface area contributed by atoms with Crippen molar-refractivity contribution in [3.05, 3.63) is 24.4 Å². The molecular weight excluding hydrogens is 246 g/mol. The summed E-state index contributed by atoms with van der Waals surface area (Å²) in [4.78, 5) is 25.5. The van der Waals surface area contributed by atoms with Crippen LogP contribution in [-0.4, -0.2) is 44.0 Å². The Morgan fingerprint density at radius 1 is 1.47 bits per heavy atom. The van der Waals surface area contributed by atoms with Gasteiger partial charge in [0.15, 0.2) is 5.82 Å². The highest BCUT2D eigenvalue weighted by molar-refractivity contribution is 5.73. The third-order valence-electron chi connectivity index (χ3n) is 3.22. The van der Waals surface area contributed by atoms with Crippen molar-refractivity contribution in [1.82, 2.24) is 25.0 Å². The van der Waals surface area contributed by atoms with E-state index in [1.54, 1.807) is 30.4 Å². The number of nitrogens with zero attached hydrogens (tertiary/aromatic N) is 5. The van der Waals surface area contributed by atoms with Gasteiger partial charge in [-0.1, -0.05) is 5.16 Å². The van der Waals surface area contributed by atoms with Crippen molar-refractivity contribution in [3.63, 3.8) is 0 Å². The van der Waals surface area contributed by atoms with Crippen LogP contribution in [0.1, 0.15) is 25.1 Å². The highest BCUT2D eigenvalue weighted by atomic mass is 16.5. The van der Waals surface area contributed by atoms with E-state index < -0.39 is 0 Å². The molecule has 1 fully saturated rings. The lowest BCUT2D eigenvalue weighted by molar-refractivity contribution is -0.127. The lowest BCUT2D eigenvalue weighted by atomic mass is 10.1. The summed E-state index contributed by atoms with van der Waals surface area (Å²) in [7, 11) is 0. The molecule has 98 valence electrons. The number of carbonyl (C=O) groups excluding carboxylic acids is 1. The topological polar surface area (TPSA) is 85.0 Å². The van der Waals surface area contributed by atoms with Crippen LogP contribution < -0.4 is 0 Å². The first-order valence-corrected chi connectivity index (χ1v) is 6.09. The Bertz CT molecular complexity index is 583. The van der Waals surface area contributed by atoms with E-state index in [9.17, 15) is 4.79 Å². The lowest BCUT2D eigenvalue weighted by Gasteiger charge is -2.11. The minimum atomic E-state index is 0.0835. The lowest BCUT2D eigenvalue weighted by Crippen LogP contribution is -2.25. The quantitative estimate of drug-likeness (QED) is 0.795. The summed E-state index contributed by atoms with van der Waals surface area (Å²) in [6.45, 7) is 2.97. The highest BCUT2D eigenvalue weighted by Crippen LogP contribution is 2.26. The van der Waals surface area contributed by atoms with Crippen molar-refractivity contribution in [2.24, 2.45) is 0 Å². The number of aromatic nitrogens is 4. The Labute approximate surface area is 109 Å². The van der Waals surface area contributed by atoms with Gasteiger partial charge in [-0.2, -0.15) is 4.98 Å². The minimum Gasteiger partial charge on any atom is -0.342 e. The van der Waals surface area contributed by atoms with Gasteiger partial charge < -0.3 is 9.42 Å². The van der Waals surface area contributed by atoms with Crippen LogP contribution in [0.5, 0.6) is 0 Å². The van der Waals surface area contributed by atoms with Gasteiger partial charge in [0.2, 0.25) is 5.91 Å². The number of hydrogen-bond acceptors (Lipinski definition) is 6. The number of likely N-dealkylation sites (tertiary alicyclic amines) is 1. The maximum absolute atomic E-state index is 11.3. The summed E-state index contributed by atoms with van der Waals surface area (Å²) in [5.41, 5.74) is 0.558. The molecule has 1 amide bonds. The summed E-state index contributed by atoms with van der Waals surface area (Å²) < 4.78 is 5.19. The number of amides is 1. The van der Waals surface area contributed by atoms with Gasteiger partial charge in [-0.3, -0.25) is 9.78 Å². The van der Waals surface area contributed by atoms with Crippen LogP contribution in [0.25, 0.3) is 11.6 Å². The second-order valence-electron chi connectivity index (χ2n) is 4.50. The zero-order chi connectivity index (χ0) is 13.2. The largest absolute Gasteiger partial charge is 0.342 e. The van der Waals surface area contributed by atoms with Gasteiger partial charge >= 0.3 is 0 Å². The smallest absolute Gasteiger partial charge is 0.278 e. The zero-order valence-corrected chi connectivity index (χ0v) is 10.5. The minimum absolute atomic E-state index is 0.0835. The van der Waals surface area contributed by atoms with E-state index >= 15 is 0 Å². The van der Waals surface area contributed by atoms with Gasteiger partial charge in [-0.25, -0.2) is 4.98 Å². The molecule has 0 N–H and O–H groups in total. The van der Waals surface area contributed by atoms with Gasteiger partial charge in [0.1, 0.15) is 5.69 Å². The van der Waals surface area contributed by atoms with E-state index in [1.807, 2.05) is 0 Å². The third kappa shape index (κ3) is 2.31. The molecular formula is C12H13N5O2.